The smallest absolute Gasteiger partial charge is 0.313 e. The molecular weight excluding hydrogens is 338 g/mol. The first kappa shape index (κ1) is 19.6. The van der Waals surface area contributed by atoms with Crippen LogP contribution in [0, 0.1) is 5.41 Å². The van der Waals surface area contributed by atoms with E-state index >= 15 is 0 Å². The first-order valence-corrected chi connectivity index (χ1v) is 10.00. The van der Waals surface area contributed by atoms with Crippen LogP contribution in [-0.2, 0) is 22.5 Å². The van der Waals surface area contributed by atoms with Gasteiger partial charge in [-0.1, -0.05) is 44.2 Å². The summed E-state index contributed by atoms with van der Waals surface area (Å²) in [5.41, 5.74) is 2.91. The molecule has 146 valence electrons. The minimum absolute atomic E-state index is 0.0639. The standard InChI is InChI=1S/C22H31N3O2/c1-4-27-21(26)22(14-18-9-6-5-7-10-18)11-8-12-25(16-22)15-19-13-20(17(2)3)24-23-19/h5-7,9-10,13,17H,4,8,11-12,14-16H2,1-3H3,(H,23,24)/t22-/m0/s1. The molecule has 0 saturated carbocycles. The van der Waals surface area contributed by atoms with Crippen LogP contribution in [0.2, 0.25) is 0 Å². The van der Waals surface area contributed by atoms with Gasteiger partial charge in [-0.25, -0.2) is 0 Å². The highest BCUT2D eigenvalue weighted by molar-refractivity contribution is 5.77. The molecule has 1 aliphatic heterocycles. The van der Waals surface area contributed by atoms with Gasteiger partial charge in [0.2, 0.25) is 0 Å². The number of piperidine rings is 1. The topological polar surface area (TPSA) is 58.2 Å². The third-order valence-electron chi connectivity index (χ3n) is 5.39. The SMILES string of the molecule is CCOC(=O)[C@]1(Cc2ccccc2)CCCN(Cc2cc(C(C)C)n[nH]2)C1. The molecule has 0 unspecified atom stereocenters. The molecule has 1 aliphatic rings. The molecule has 1 fully saturated rings. The van der Waals surface area contributed by atoms with Crippen LogP contribution in [0.4, 0.5) is 0 Å². The Labute approximate surface area is 162 Å². The highest BCUT2D eigenvalue weighted by Crippen LogP contribution is 2.36. The third-order valence-corrected chi connectivity index (χ3v) is 5.39. The molecule has 1 atom stereocenters. The molecule has 1 N–H and O–H groups in total. The van der Waals surface area contributed by atoms with Gasteiger partial charge >= 0.3 is 5.97 Å². The Hall–Kier alpha value is -2.14. The van der Waals surface area contributed by atoms with Crippen molar-refractivity contribution in [1.29, 1.82) is 0 Å². The maximum absolute atomic E-state index is 12.9. The summed E-state index contributed by atoms with van der Waals surface area (Å²) in [7, 11) is 0. The number of H-pyrrole nitrogens is 1. The highest BCUT2D eigenvalue weighted by Gasteiger charge is 2.43. The Morgan fingerprint density at radius 1 is 1.33 bits per heavy atom. The summed E-state index contributed by atoms with van der Waals surface area (Å²) in [6.07, 6.45) is 2.59. The number of nitrogens with one attached hydrogen (secondary N) is 1. The second-order valence-corrected chi connectivity index (χ2v) is 7.95. The summed E-state index contributed by atoms with van der Waals surface area (Å²) in [4.78, 5) is 15.3. The van der Waals surface area contributed by atoms with Crippen LogP contribution in [0.15, 0.2) is 36.4 Å². The molecular formula is C22H31N3O2. The summed E-state index contributed by atoms with van der Waals surface area (Å²) < 4.78 is 5.51. The lowest BCUT2D eigenvalue weighted by molar-refractivity contribution is -0.159. The fourth-order valence-corrected chi connectivity index (χ4v) is 4.01. The van der Waals surface area contributed by atoms with E-state index in [0.29, 0.717) is 12.5 Å². The summed E-state index contributed by atoms with van der Waals surface area (Å²) in [6.45, 7) is 9.10. The molecule has 5 heteroatoms. The number of esters is 1. The number of aromatic nitrogens is 2. The molecule has 2 aromatic rings. The molecule has 1 aromatic heterocycles. The van der Waals surface area contributed by atoms with Crippen molar-refractivity contribution in [3.63, 3.8) is 0 Å². The number of nitrogens with zero attached hydrogens (tertiary/aromatic N) is 2. The van der Waals surface area contributed by atoms with Crippen LogP contribution in [0.5, 0.6) is 0 Å². The van der Waals surface area contributed by atoms with Crippen molar-refractivity contribution in [3.05, 3.63) is 53.3 Å². The molecule has 0 aliphatic carbocycles. The van der Waals surface area contributed by atoms with Crippen LogP contribution in [0.25, 0.3) is 0 Å². The predicted molar refractivity (Wildman–Crippen MR) is 106 cm³/mol. The fourth-order valence-electron chi connectivity index (χ4n) is 4.01. The van der Waals surface area contributed by atoms with Crippen molar-refractivity contribution in [3.8, 4) is 0 Å². The van der Waals surface area contributed by atoms with E-state index in [1.807, 2.05) is 25.1 Å². The van der Waals surface area contributed by atoms with E-state index < -0.39 is 5.41 Å². The normalized spacial score (nSPS) is 20.7. The van der Waals surface area contributed by atoms with Crippen LogP contribution >= 0.6 is 0 Å². The van der Waals surface area contributed by atoms with Crippen molar-refractivity contribution in [2.75, 3.05) is 19.7 Å². The first-order chi connectivity index (χ1) is 13.0. The Morgan fingerprint density at radius 2 is 2.11 bits per heavy atom. The summed E-state index contributed by atoms with van der Waals surface area (Å²) >= 11 is 0. The summed E-state index contributed by atoms with van der Waals surface area (Å²) in [5, 5.41) is 7.56. The average molecular weight is 370 g/mol. The van der Waals surface area contributed by atoms with E-state index in [1.54, 1.807) is 0 Å². The minimum Gasteiger partial charge on any atom is -0.466 e. The number of hydrogen-bond donors (Lipinski definition) is 1. The van der Waals surface area contributed by atoms with Crippen LogP contribution < -0.4 is 0 Å². The molecule has 5 nitrogen and oxygen atoms in total. The first-order valence-electron chi connectivity index (χ1n) is 10.00. The van der Waals surface area contributed by atoms with E-state index in [1.165, 1.54) is 5.56 Å². The zero-order chi connectivity index (χ0) is 19.3. The number of likely N-dealkylation sites (tertiary alicyclic amines) is 1. The van der Waals surface area contributed by atoms with Gasteiger partial charge in [0, 0.05) is 18.8 Å². The van der Waals surface area contributed by atoms with Crippen molar-refractivity contribution in [1.82, 2.24) is 15.1 Å². The van der Waals surface area contributed by atoms with Gasteiger partial charge in [0.05, 0.1) is 17.7 Å². The Kier molecular flexibility index (Phi) is 6.32. The van der Waals surface area contributed by atoms with E-state index in [0.717, 1.165) is 50.3 Å². The number of aromatic amines is 1. The second kappa shape index (κ2) is 8.70. The van der Waals surface area contributed by atoms with Crippen molar-refractivity contribution in [2.24, 2.45) is 5.41 Å². The number of ether oxygens (including phenoxy) is 1. The summed E-state index contributed by atoms with van der Waals surface area (Å²) in [6, 6.07) is 12.4. The van der Waals surface area contributed by atoms with E-state index in [2.05, 4.69) is 47.1 Å². The largest absolute Gasteiger partial charge is 0.466 e. The van der Waals surface area contributed by atoms with Gasteiger partial charge in [0.25, 0.3) is 0 Å². The van der Waals surface area contributed by atoms with Gasteiger partial charge in [0.1, 0.15) is 0 Å². The van der Waals surface area contributed by atoms with Gasteiger partial charge in [0.15, 0.2) is 0 Å². The van der Waals surface area contributed by atoms with Crippen molar-refractivity contribution >= 4 is 5.97 Å². The zero-order valence-electron chi connectivity index (χ0n) is 16.7. The predicted octanol–water partition coefficient (Wildman–Crippen LogP) is 3.92. The van der Waals surface area contributed by atoms with Gasteiger partial charge in [-0.15, -0.1) is 0 Å². The minimum atomic E-state index is -0.476. The molecule has 0 radical (unpaired) electrons. The summed E-state index contributed by atoms with van der Waals surface area (Å²) in [5.74, 6) is 0.346. The van der Waals surface area contributed by atoms with E-state index in [9.17, 15) is 4.79 Å². The lowest BCUT2D eigenvalue weighted by Gasteiger charge is -2.41. The molecule has 0 amide bonds. The van der Waals surface area contributed by atoms with Crippen molar-refractivity contribution in [2.45, 2.75) is 52.5 Å². The van der Waals surface area contributed by atoms with Gasteiger partial charge < -0.3 is 4.74 Å². The average Bonchev–Trinajstić information content (AvgIpc) is 3.12. The number of rotatable bonds is 7. The maximum atomic E-state index is 12.9. The number of benzene rings is 1. The van der Waals surface area contributed by atoms with Gasteiger partial charge in [-0.3, -0.25) is 14.8 Å². The second-order valence-electron chi connectivity index (χ2n) is 7.95. The van der Waals surface area contributed by atoms with E-state index in [4.69, 9.17) is 4.74 Å². The van der Waals surface area contributed by atoms with Crippen LogP contribution in [0.1, 0.15) is 56.5 Å². The van der Waals surface area contributed by atoms with Gasteiger partial charge in [-0.2, -0.15) is 5.10 Å². The third kappa shape index (κ3) is 4.78. The molecule has 0 spiro atoms. The quantitative estimate of drug-likeness (QED) is 0.752. The Balaban J connectivity index is 1.77. The van der Waals surface area contributed by atoms with Gasteiger partial charge in [-0.05, 0) is 50.3 Å². The maximum Gasteiger partial charge on any atom is 0.313 e. The van der Waals surface area contributed by atoms with Crippen LogP contribution in [-0.4, -0.2) is 40.8 Å². The molecule has 1 saturated heterocycles. The highest BCUT2D eigenvalue weighted by atomic mass is 16.5. The molecule has 27 heavy (non-hydrogen) atoms. The fraction of sp³-hybridized carbons (Fsp3) is 0.545. The Morgan fingerprint density at radius 3 is 2.78 bits per heavy atom. The monoisotopic (exact) mass is 369 g/mol. The molecule has 3 rings (SSSR count). The van der Waals surface area contributed by atoms with E-state index in [-0.39, 0.29) is 5.97 Å². The molecule has 2 heterocycles. The molecule has 0 bridgehead atoms. The number of hydrogen-bond acceptors (Lipinski definition) is 4. The lowest BCUT2D eigenvalue weighted by atomic mass is 9.75. The molecule has 1 aromatic carbocycles. The Bertz CT molecular complexity index is 741. The van der Waals surface area contributed by atoms with Crippen molar-refractivity contribution < 1.29 is 9.53 Å². The number of carbonyl (C=O) groups excluding carboxylic acids is 1. The van der Waals surface area contributed by atoms with Crippen LogP contribution in [0.3, 0.4) is 0 Å². The zero-order valence-corrected chi connectivity index (χ0v) is 16.7. The lowest BCUT2D eigenvalue weighted by Crippen LogP contribution is -2.49. The number of carbonyl (C=O) groups is 1.